The van der Waals surface area contributed by atoms with Crippen LogP contribution in [0.4, 0.5) is 11.4 Å². The largest absolute Gasteiger partial charge is 0.322 e. The molecule has 0 radical (unpaired) electrons. The summed E-state index contributed by atoms with van der Waals surface area (Å²) in [6.07, 6.45) is 3.06. The Balaban J connectivity index is 2.25. The van der Waals surface area contributed by atoms with Crippen molar-refractivity contribution in [3.8, 4) is 0 Å². The van der Waals surface area contributed by atoms with Crippen LogP contribution in [0.15, 0.2) is 42.7 Å². The first-order valence-corrected chi connectivity index (χ1v) is 5.50. The molecular formula is C13H14N4O. The van der Waals surface area contributed by atoms with Gasteiger partial charge in [0.2, 0.25) is 0 Å². The number of amides is 1. The number of nitrogens with two attached hydrogens (primary N) is 1. The van der Waals surface area contributed by atoms with Crippen molar-refractivity contribution in [1.82, 2.24) is 4.98 Å². The highest BCUT2D eigenvalue weighted by Gasteiger charge is 2.11. The van der Waals surface area contributed by atoms with Crippen LogP contribution in [0.2, 0.25) is 0 Å². The molecular weight excluding hydrogens is 228 g/mol. The Morgan fingerprint density at radius 1 is 1.22 bits per heavy atom. The van der Waals surface area contributed by atoms with Crippen LogP contribution in [0.5, 0.6) is 0 Å². The summed E-state index contributed by atoms with van der Waals surface area (Å²) in [5.74, 6) is 5.12. The maximum Gasteiger partial charge on any atom is 0.257 e. The molecule has 1 amide bonds. The number of hydrogen-bond donors (Lipinski definition) is 3. The van der Waals surface area contributed by atoms with Gasteiger partial charge in [-0.1, -0.05) is 18.2 Å². The molecule has 0 atom stereocenters. The quantitative estimate of drug-likeness (QED) is 0.567. The molecule has 2 aromatic rings. The standard InChI is InChI=1S/C13H14N4O/c1-9-4-2-3-5-11(9)16-13(18)10-6-7-15-8-12(10)17-14/h2-8,17H,14H2,1H3,(H,16,18). The molecule has 1 heterocycles. The average molecular weight is 242 g/mol. The van der Waals surface area contributed by atoms with Crippen LogP contribution in [0.3, 0.4) is 0 Å². The molecule has 18 heavy (non-hydrogen) atoms. The highest BCUT2D eigenvalue weighted by molar-refractivity contribution is 6.08. The minimum absolute atomic E-state index is 0.223. The molecule has 0 aliphatic rings. The van der Waals surface area contributed by atoms with Crippen molar-refractivity contribution in [3.05, 3.63) is 53.9 Å². The van der Waals surface area contributed by atoms with Gasteiger partial charge >= 0.3 is 0 Å². The lowest BCUT2D eigenvalue weighted by Crippen LogP contribution is -2.17. The first kappa shape index (κ1) is 12.1. The van der Waals surface area contributed by atoms with Crippen molar-refractivity contribution in [2.75, 3.05) is 10.7 Å². The number of hydrogen-bond acceptors (Lipinski definition) is 4. The Bertz CT molecular complexity index is 568. The number of carbonyl (C=O) groups excluding carboxylic acids is 1. The number of anilines is 2. The Kier molecular flexibility index (Phi) is 3.54. The Hall–Kier alpha value is -2.40. The zero-order chi connectivity index (χ0) is 13.0. The molecule has 0 aliphatic carbocycles. The minimum Gasteiger partial charge on any atom is -0.322 e. The molecule has 1 aromatic carbocycles. The Labute approximate surface area is 105 Å². The number of nitrogens with zero attached hydrogens (tertiary/aromatic N) is 1. The van der Waals surface area contributed by atoms with E-state index < -0.39 is 0 Å². The minimum atomic E-state index is -0.223. The van der Waals surface area contributed by atoms with Gasteiger partial charge in [0.25, 0.3) is 5.91 Å². The van der Waals surface area contributed by atoms with Crippen molar-refractivity contribution in [1.29, 1.82) is 0 Å². The Morgan fingerprint density at radius 2 is 2.00 bits per heavy atom. The molecule has 4 N–H and O–H groups in total. The second kappa shape index (κ2) is 5.29. The summed E-state index contributed by atoms with van der Waals surface area (Å²) in [6.45, 7) is 1.93. The van der Waals surface area contributed by atoms with Crippen LogP contribution in [0.25, 0.3) is 0 Å². The van der Waals surface area contributed by atoms with Gasteiger partial charge in [0.1, 0.15) is 0 Å². The van der Waals surface area contributed by atoms with Crippen molar-refractivity contribution in [3.63, 3.8) is 0 Å². The van der Waals surface area contributed by atoms with Crippen molar-refractivity contribution in [2.45, 2.75) is 6.92 Å². The van der Waals surface area contributed by atoms with E-state index in [4.69, 9.17) is 5.84 Å². The van der Waals surface area contributed by atoms with Crippen LogP contribution >= 0.6 is 0 Å². The Morgan fingerprint density at radius 3 is 2.72 bits per heavy atom. The van der Waals surface area contributed by atoms with Crippen LogP contribution < -0.4 is 16.6 Å². The van der Waals surface area contributed by atoms with E-state index in [0.29, 0.717) is 11.3 Å². The average Bonchev–Trinajstić information content (AvgIpc) is 2.41. The summed E-state index contributed by atoms with van der Waals surface area (Å²) in [4.78, 5) is 16.0. The molecule has 92 valence electrons. The first-order valence-electron chi connectivity index (χ1n) is 5.50. The van der Waals surface area contributed by atoms with E-state index in [1.54, 1.807) is 12.3 Å². The number of nitrogens with one attached hydrogen (secondary N) is 2. The third-order valence-corrected chi connectivity index (χ3v) is 2.61. The van der Waals surface area contributed by atoms with Gasteiger partial charge in [0.05, 0.1) is 17.4 Å². The van der Waals surface area contributed by atoms with E-state index in [-0.39, 0.29) is 5.91 Å². The summed E-state index contributed by atoms with van der Waals surface area (Å²) in [5, 5.41) is 2.84. The van der Waals surface area contributed by atoms with Gasteiger partial charge in [-0.3, -0.25) is 15.6 Å². The monoisotopic (exact) mass is 242 g/mol. The van der Waals surface area contributed by atoms with Crippen molar-refractivity contribution in [2.24, 2.45) is 5.84 Å². The lowest BCUT2D eigenvalue weighted by atomic mass is 10.1. The molecule has 0 bridgehead atoms. The summed E-state index contributed by atoms with van der Waals surface area (Å²) < 4.78 is 0. The number of aryl methyl sites for hydroxylation is 1. The second-order valence-corrected chi connectivity index (χ2v) is 3.83. The van der Waals surface area contributed by atoms with Crippen LogP contribution in [0.1, 0.15) is 15.9 Å². The number of benzene rings is 1. The zero-order valence-corrected chi connectivity index (χ0v) is 9.97. The maximum atomic E-state index is 12.1. The number of carbonyl (C=O) groups is 1. The van der Waals surface area contributed by atoms with Crippen LogP contribution in [-0.4, -0.2) is 10.9 Å². The lowest BCUT2D eigenvalue weighted by molar-refractivity contribution is 0.102. The molecule has 0 saturated carbocycles. The van der Waals surface area contributed by atoms with Gasteiger partial charge in [-0.2, -0.15) is 0 Å². The molecule has 2 rings (SSSR count). The summed E-state index contributed by atoms with van der Waals surface area (Å²) in [7, 11) is 0. The molecule has 5 heteroatoms. The molecule has 0 spiro atoms. The fraction of sp³-hybridized carbons (Fsp3) is 0.0769. The van der Waals surface area contributed by atoms with E-state index >= 15 is 0 Å². The summed E-state index contributed by atoms with van der Waals surface area (Å²) in [5.41, 5.74) is 5.18. The van der Waals surface area contributed by atoms with E-state index in [1.807, 2.05) is 31.2 Å². The smallest absolute Gasteiger partial charge is 0.257 e. The van der Waals surface area contributed by atoms with E-state index in [9.17, 15) is 4.79 Å². The van der Waals surface area contributed by atoms with Gasteiger partial charge in [0.15, 0.2) is 0 Å². The first-order chi connectivity index (χ1) is 8.72. The van der Waals surface area contributed by atoms with Crippen molar-refractivity contribution < 1.29 is 4.79 Å². The third-order valence-electron chi connectivity index (χ3n) is 2.61. The molecule has 0 unspecified atom stereocenters. The lowest BCUT2D eigenvalue weighted by Gasteiger charge is -2.10. The van der Waals surface area contributed by atoms with E-state index in [2.05, 4.69) is 15.7 Å². The van der Waals surface area contributed by atoms with Crippen LogP contribution in [0, 0.1) is 6.92 Å². The van der Waals surface area contributed by atoms with Gasteiger partial charge < -0.3 is 10.7 Å². The van der Waals surface area contributed by atoms with Crippen molar-refractivity contribution >= 4 is 17.3 Å². The number of aromatic nitrogens is 1. The van der Waals surface area contributed by atoms with Crippen LogP contribution in [-0.2, 0) is 0 Å². The molecule has 0 aliphatic heterocycles. The number of pyridine rings is 1. The van der Waals surface area contributed by atoms with Gasteiger partial charge in [0, 0.05) is 11.9 Å². The predicted octanol–water partition coefficient (Wildman–Crippen LogP) is 1.93. The maximum absolute atomic E-state index is 12.1. The molecule has 5 nitrogen and oxygen atoms in total. The summed E-state index contributed by atoms with van der Waals surface area (Å²) >= 11 is 0. The topological polar surface area (TPSA) is 80.0 Å². The van der Waals surface area contributed by atoms with E-state index in [1.165, 1.54) is 6.20 Å². The third kappa shape index (κ3) is 2.46. The number of rotatable bonds is 3. The highest BCUT2D eigenvalue weighted by Crippen LogP contribution is 2.17. The number of para-hydroxylation sites is 1. The number of nitrogen functional groups attached to an aromatic ring is 1. The second-order valence-electron chi connectivity index (χ2n) is 3.83. The van der Waals surface area contributed by atoms with E-state index in [0.717, 1.165) is 11.3 Å². The SMILES string of the molecule is Cc1ccccc1NC(=O)c1ccncc1NN. The van der Waals surface area contributed by atoms with Gasteiger partial charge in [-0.25, -0.2) is 0 Å². The fourth-order valence-corrected chi connectivity index (χ4v) is 1.61. The zero-order valence-electron chi connectivity index (χ0n) is 9.97. The highest BCUT2D eigenvalue weighted by atomic mass is 16.1. The van der Waals surface area contributed by atoms with Gasteiger partial charge in [-0.05, 0) is 24.6 Å². The number of hydrazine groups is 1. The normalized spacial score (nSPS) is 9.89. The summed E-state index contributed by atoms with van der Waals surface area (Å²) in [6, 6.07) is 9.19. The molecule has 1 aromatic heterocycles. The molecule has 0 fully saturated rings. The molecule has 0 saturated heterocycles. The predicted molar refractivity (Wildman–Crippen MR) is 71.2 cm³/mol. The fourth-order valence-electron chi connectivity index (χ4n) is 1.61. The van der Waals surface area contributed by atoms with Gasteiger partial charge in [-0.15, -0.1) is 0 Å².